The molecule has 3 rings (SSSR count). The molecule has 0 atom stereocenters. The summed E-state index contributed by atoms with van der Waals surface area (Å²) in [6, 6.07) is 7.21. The molecule has 2 aliphatic rings. The van der Waals surface area contributed by atoms with Crippen LogP contribution in [0.2, 0.25) is 5.02 Å². The van der Waals surface area contributed by atoms with Crippen LogP contribution in [0.3, 0.4) is 0 Å². The van der Waals surface area contributed by atoms with Gasteiger partial charge in [-0.1, -0.05) is 23.7 Å². The number of piperidine rings is 1. The number of nitrogens with one attached hydrogen (secondary N) is 2. The summed E-state index contributed by atoms with van der Waals surface area (Å²) in [4.78, 5) is 28.8. The fourth-order valence-electron chi connectivity index (χ4n) is 3.41. The van der Waals surface area contributed by atoms with Crippen LogP contribution in [-0.2, 0) is 9.59 Å². The first-order valence-corrected chi connectivity index (χ1v) is 9.27. The molecule has 0 aromatic heterocycles. The Morgan fingerprint density at radius 3 is 2.42 bits per heavy atom. The van der Waals surface area contributed by atoms with E-state index >= 15 is 0 Å². The SMILES string of the molecule is Cl.O=C(CN1CCN(C(=O)C2CCNCC2)CC1)Nc1ccccc1Cl. The first-order valence-electron chi connectivity index (χ1n) is 8.90. The third-order valence-electron chi connectivity index (χ3n) is 4.89. The van der Waals surface area contributed by atoms with Gasteiger partial charge >= 0.3 is 0 Å². The zero-order chi connectivity index (χ0) is 17.6. The summed E-state index contributed by atoms with van der Waals surface area (Å²) in [6.45, 7) is 5.03. The minimum atomic E-state index is -0.0776. The maximum absolute atomic E-state index is 12.5. The van der Waals surface area contributed by atoms with Gasteiger partial charge < -0.3 is 15.5 Å². The average Bonchev–Trinajstić information content (AvgIpc) is 2.64. The largest absolute Gasteiger partial charge is 0.340 e. The maximum Gasteiger partial charge on any atom is 0.238 e. The maximum atomic E-state index is 12.5. The van der Waals surface area contributed by atoms with Crippen molar-refractivity contribution in [3.8, 4) is 0 Å². The number of piperazine rings is 1. The number of amides is 2. The van der Waals surface area contributed by atoms with E-state index in [0.717, 1.165) is 39.0 Å². The van der Waals surface area contributed by atoms with Crippen LogP contribution in [0.5, 0.6) is 0 Å². The Kier molecular flexibility index (Phi) is 8.15. The Labute approximate surface area is 165 Å². The van der Waals surface area contributed by atoms with Crippen molar-refractivity contribution in [1.29, 1.82) is 0 Å². The van der Waals surface area contributed by atoms with Crippen LogP contribution in [0.25, 0.3) is 0 Å². The van der Waals surface area contributed by atoms with Gasteiger partial charge in [0.15, 0.2) is 0 Å². The smallest absolute Gasteiger partial charge is 0.238 e. The molecule has 0 aliphatic carbocycles. The van der Waals surface area contributed by atoms with Gasteiger partial charge in [-0.2, -0.15) is 0 Å². The fraction of sp³-hybridized carbons (Fsp3) is 0.556. The van der Waals surface area contributed by atoms with Gasteiger partial charge in [0.2, 0.25) is 11.8 Å². The molecule has 2 aliphatic heterocycles. The van der Waals surface area contributed by atoms with Crippen molar-refractivity contribution in [2.24, 2.45) is 5.92 Å². The molecule has 2 heterocycles. The Morgan fingerprint density at radius 2 is 1.77 bits per heavy atom. The van der Waals surface area contributed by atoms with Crippen molar-refractivity contribution in [2.45, 2.75) is 12.8 Å². The summed E-state index contributed by atoms with van der Waals surface area (Å²) in [5.74, 6) is 0.365. The molecule has 144 valence electrons. The van der Waals surface area contributed by atoms with Gasteiger partial charge in [0.05, 0.1) is 17.3 Å². The summed E-state index contributed by atoms with van der Waals surface area (Å²) < 4.78 is 0. The van der Waals surface area contributed by atoms with E-state index in [0.29, 0.717) is 30.3 Å². The second-order valence-electron chi connectivity index (χ2n) is 6.65. The molecule has 2 saturated heterocycles. The Morgan fingerprint density at radius 1 is 1.12 bits per heavy atom. The van der Waals surface area contributed by atoms with Crippen LogP contribution in [0.4, 0.5) is 5.69 Å². The minimum Gasteiger partial charge on any atom is -0.340 e. The molecule has 0 radical (unpaired) electrons. The number of anilines is 1. The van der Waals surface area contributed by atoms with Gasteiger partial charge in [-0.3, -0.25) is 14.5 Å². The number of nitrogens with zero attached hydrogens (tertiary/aromatic N) is 2. The van der Waals surface area contributed by atoms with Crippen molar-refractivity contribution in [2.75, 3.05) is 51.1 Å². The lowest BCUT2D eigenvalue weighted by molar-refractivity contribution is -0.138. The molecule has 2 fully saturated rings. The van der Waals surface area contributed by atoms with Crippen LogP contribution in [0.1, 0.15) is 12.8 Å². The number of carbonyl (C=O) groups is 2. The summed E-state index contributed by atoms with van der Waals surface area (Å²) in [5.41, 5.74) is 0.633. The van der Waals surface area contributed by atoms with Crippen LogP contribution < -0.4 is 10.6 Å². The van der Waals surface area contributed by atoms with Gasteiger partial charge in [-0.25, -0.2) is 0 Å². The quantitative estimate of drug-likeness (QED) is 0.809. The zero-order valence-electron chi connectivity index (χ0n) is 14.7. The number of carbonyl (C=O) groups excluding carboxylic acids is 2. The highest BCUT2D eigenvalue weighted by Gasteiger charge is 2.28. The topological polar surface area (TPSA) is 64.7 Å². The number of para-hydroxylation sites is 1. The fourth-order valence-corrected chi connectivity index (χ4v) is 3.59. The highest BCUT2D eigenvalue weighted by atomic mass is 35.5. The van der Waals surface area contributed by atoms with Crippen molar-refractivity contribution in [3.05, 3.63) is 29.3 Å². The molecule has 6 nitrogen and oxygen atoms in total. The normalized spacial score (nSPS) is 18.9. The molecule has 0 bridgehead atoms. The van der Waals surface area contributed by atoms with Gasteiger partial charge in [0, 0.05) is 32.1 Å². The Bertz CT molecular complexity index is 615. The number of hydrogen-bond acceptors (Lipinski definition) is 4. The molecule has 1 aromatic rings. The molecule has 1 aromatic carbocycles. The van der Waals surface area contributed by atoms with Crippen LogP contribution in [0, 0.1) is 5.92 Å². The van der Waals surface area contributed by atoms with E-state index in [9.17, 15) is 9.59 Å². The molecule has 2 amide bonds. The second-order valence-corrected chi connectivity index (χ2v) is 7.06. The molecule has 2 N–H and O–H groups in total. The molecule has 0 saturated carbocycles. The van der Waals surface area contributed by atoms with E-state index in [4.69, 9.17) is 11.6 Å². The van der Waals surface area contributed by atoms with E-state index in [2.05, 4.69) is 15.5 Å². The molecular weight excluding hydrogens is 375 g/mol. The molecule has 0 unspecified atom stereocenters. The third-order valence-corrected chi connectivity index (χ3v) is 5.22. The lowest BCUT2D eigenvalue weighted by Crippen LogP contribution is -2.52. The van der Waals surface area contributed by atoms with E-state index in [1.165, 1.54) is 0 Å². The van der Waals surface area contributed by atoms with E-state index in [1.807, 2.05) is 17.0 Å². The predicted molar refractivity (Wildman–Crippen MR) is 106 cm³/mol. The first-order chi connectivity index (χ1) is 12.1. The van der Waals surface area contributed by atoms with Crippen molar-refractivity contribution in [3.63, 3.8) is 0 Å². The molecule has 8 heteroatoms. The van der Waals surface area contributed by atoms with Gasteiger partial charge in [-0.05, 0) is 38.1 Å². The van der Waals surface area contributed by atoms with Crippen LogP contribution in [-0.4, -0.2) is 67.4 Å². The number of rotatable bonds is 4. The lowest BCUT2D eigenvalue weighted by Gasteiger charge is -2.36. The Balaban J connectivity index is 0.00000243. The predicted octanol–water partition coefficient (Wildman–Crippen LogP) is 1.84. The number of hydrogen-bond donors (Lipinski definition) is 2. The van der Waals surface area contributed by atoms with Gasteiger partial charge in [0.1, 0.15) is 0 Å². The number of benzene rings is 1. The standard InChI is InChI=1S/C18H25ClN4O2.ClH/c19-15-3-1-2-4-16(15)21-17(24)13-22-9-11-23(12-10-22)18(25)14-5-7-20-8-6-14;/h1-4,14,20H,5-13H2,(H,21,24);1H. The van der Waals surface area contributed by atoms with Gasteiger partial charge in [0.25, 0.3) is 0 Å². The monoisotopic (exact) mass is 400 g/mol. The van der Waals surface area contributed by atoms with E-state index in [1.54, 1.807) is 12.1 Å². The van der Waals surface area contributed by atoms with Crippen molar-refractivity contribution in [1.82, 2.24) is 15.1 Å². The van der Waals surface area contributed by atoms with E-state index < -0.39 is 0 Å². The summed E-state index contributed by atoms with van der Waals surface area (Å²) in [7, 11) is 0. The Hall–Kier alpha value is -1.34. The zero-order valence-corrected chi connectivity index (χ0v) is 16.3. The summed E-state index contributed by atoms with van der Waals surface area (Å²) in [6.07, 6.45) is 1.86. The van der Waals surface area contributed by atoms with Crippen molar-refractivity contribution >= 4 is 41.5 Å². The van der Waals surface area contributed by atoms with E-state index in [-0.39, 0.29) is 30.1 Å². The highest BCUT2D eigenvalue weighted by Crippen LogP contribution is 2.20. The van der Waals surface area contributed by atoms with Crippen LogP contribution >= 0.6 is 24.0 Å². The summed E-state index contributed by atoms with van der Waals surface area (Å²) in [5, 5.41) is 6.67. The van der Waals surface area contributed by atoms with Gasteiger partial charge in [-0.15, -0.1) is 12.4 Å². The average molecular weight is 401 g/mol. The van der Waals surface area contributed by atoms with Crippen LogP contribution in [0.15, 0.2) is 24.3 Å². The minimum absolute atomic E-state index is 0. The highest BCUT2D eigenvalue weighted by molar-refractivity contribution is 6.33. The van der Waals surface area contributed by atoms with Crippen molar-refractivity contribution < 1.29 is 9.59 Å². The summed E-state index contributed by atoms with van der Waals surface area (Å²) >= 11 is 6.06. The lowest BCUT2D eigenvalue weighted by atomic mass is 9.96. The molecule has 0 spiro atoms. The number of halogens is 2. The second kappa shape index (κ2) is 10.1. The molecular formula is C18H26Cl2N4O2. The third kappa shape index (κ3) is 5.58. The first kappa shape index (κ1) is 21.0. The molecule has 26 heavy (non-hydrogen) atoms.